The second-order valence-electron chi connectivity index (χ2n) is 4.60. The molecule has 3 nitrogen and oxygen atoms in total. The first-order valence-corrected chi connectivity index (χ1v) is 7.81. The second kappa shape index (κ2) is 7.51. The Morgan fingerprint density at radius 1 is 1.29 bits per heavy atom. The van der Waals surface area contributed by atoms with E-state index in [-0.39, 0.29) is 0 Å². The number of rotatable bonds is 6. The highest BCUT2D eigenvalue weighted by Gasteiger charge is 2.09. The van der Waals surface area contributed by atoms with Gasteiger partial charge in [-0.15, -0.1) is 11.3 Å². The van der Waals surface area contributed by atoms with Gasteiger partial charge in [0, 0.05) is 4.88 Å². The lowest BCUT2D eigenvalue weighted by Gasteiger charge is -2.08. The van der Waals surface area contributed by atoms with Crippen LogP contribution in [0.25, 0.3) is 11.3 Å². The average Bonchev–Trinajstić information content (AvgIpc) is 3.03. The SMILES string of the molecule is CCCCOc1ccc(/C(N)=C(/C#N)c2cccs2)cc1. The monoisotopic (exact) mass is 298 g/mol. The van der Waals surface area contributed by atoms with Crippen LogP contribution < -0.4 is 10.5 Å². The van der Waals surface area contributed by atoms with Gasteiger partial charge in [-0.05, 0) is 47.7 Å². The van der Waals surface area contributed by atoms with E-state index in [1.807, 2.05) is 41.8 Å². The Bertz CT molecular complexity index is 636. The molecule has 0 amide bonds. The number of ether oxygens (including phenoxy) is 1. The van der Waals surface area contributed by atoms with Crippen molar-refractivity contribution in [3.63, 3.8) is 0 Å². The Kier molecular flexibility index (Phi) is 5.42. The summed E-state index contributed by atoms with van der Waals surface area (Å²) >= 11 is 1.51. The van der Waals surface area contributed by atoms with Crippen molar-refractivity contribution in [1.82, 2.24) is 0 Å². The summed E-state index contributed by atoms with van der Waals surface area (Å²) in [4.78, 5) is 0.887. The highest BCUT2D eigenvalue weighted by Crippen LogP contribution is 2.26. The Labute approximate surface area is 129 Å². The van der Waals surface area contributed by atoms with Gasteiger partial charge in [-0.3, -0.25) is 0 Å². The van der Waals surface area contributed by atoms with Crippen LogP contribution >= 0.6 is 11.3 Å². The molecule has 0 radical (unpaired) electrons. The summed E-state index contributed by atoms with van der Waals surface area (Å²) in [6, 6.07) is 13.6. The lowest BCUT2D eigenvalue weighted by atomic mass is 10.1. The Morgan fingerprint density at radius 2 is 2.05 bits per heavy atom. The second-order valence-corrected chi connectivity index (χ2v) is 5.55. The van der Waals surface area contributed by atoms with Gasteiger partial charge in [-0.25, -0.2) is 0 Å². The normalized spacial score (nSPS) is 11.6. The van der Waals surface area contributed by atoms with Crippen LogP contribution in [0.1, 0.15) is 30.2 Å². The van der Waals surface area contributed by atoms with Crippen molar-refractivity contribution in [3.05, 3.63) is 52.2 Å². The molecule has 4 heteroatoms. The van der Waals surface area contributed by atoms with Crippen molar-refractivity contribution in [2.75, 3.05) is 6.61 Å². The van der Waals surface area contributed by atoms with Crippen LogP contribution in [0, 0.1) is 11.3 Å². The molecule has 2 aromatic rings. The quantitative estimate of drug-likeness (QED) is 0.639. The molecule has 0 saturated carbocycles. The van der Waals surface area contributed by atoms with Gasteiger partial charge in [-0.1, -0.05) is 19.4 Å². The zero-order valence-corrected chi connectivity index (χ0v) is 12.8. The molecule has 21 heavy (non-hydrogen) atoms. The largest absolute Gasteiger partial charge is 0.494 e. The van der Waals surface area contributed by atoms with Crippen molar-refractivity contribution in [1.29, 1.82) is 5.26 Å². The van der Waals surface area contributed by atoms with E-state index >= 15 is 0 Å². The third-order valence-electron chi connectivity index (χ3n) is 3.08. The average molecular weight is 298 g/mol. The van der Waals surface area contributed by atoms with Gasteiger partial charge in [-0.2, -0.15) is 5.26 Å². The van der Waals surface area contributed by atoms with E-state index in [2.05, 4.69) is 13.0 Å². The molecule has 0 aliphatic carbocycles. The smallest absolute Gasteiger partial charge is 0.119 e. The minimum atomic E-state index is 0.500. The molecule has 0 bridgehead atoms. The van der Waals surface area contributed by atoms with Crippen molar-refractivity contribution >= 4 is 22.6 Å². The molecule has 0 saturated heterocycles. The van der Waals surface area contributed by atoms with Gasteiger partial charge in [0.15, 0.2) is 0 Å². The maximum Gasteiger partial charge on any atom is 0.119 e. The van der Waals surface area contributed by atoms with Gasteiger partial charge in [0.2, 0.25) is 0 Å². The van der Waals surface area contributed by atoms with Crippen LogP contribution in [0.4, 0.5) is 0 Å². The van der Waals surface area contributed by atoms with E-state index in [1.165, 1.54) is 11.3 Å². The van der Waals surface area contributed by atoms with Crippen LogP contribution in [0.3, 0.4) is 0 Å². The van der Waals surface area contributed by atoms with E-state index in [1.54, 1.807) is 0 Å². The molecule has 0 spiro atoms. The van der Waals surface area contributed by atoms with Gasteiger partial charge in [0.25, 0.3) is 0 Å². The molecule has 2 N–H and O–H groups in total. The third kappa shape index (κ3) is 3.87. The predicted molar refractivity (Wildman–Crippen MR) is 87.8 cm³/mol. The molecule has 0 aliphatic heterocycles. The molecule has 1 heterocycles. The number of allylic oxidation sites excluding steroid dienone is 1. The summed E-state index contributed by atoms with van der Waals surface area (Å²) in [5.41, 5.74) is 7.99. The summed E-state index contributed by atoms with van der Waals surface area (Å²) in [7, 11) is 0. The maximum absolute atomic E-state index is 9.32. The Balaban J connectivity index is 2.19. The van der Waals surface area contributed by atoms with Gasteiger partial charge >= 0.3 is 0 Å². The highest BCUT2D eigenvalue weighted by molar-refractivity contribution is 7.11. The first kappa shape index (κ1) is 15.1. The number of nitrogens with two attached hydrogens (primary N) is 1. The van der Waals surface area contributed by atoms with Crippen molar-refractivity contribution in [3.8, 4) is 11.8 Å². The number of hydrogen-bond donors (Lipinski definition) is 1. The number of nitrogens with zero attached hydrogens (tertiary/aromatic N) is 1. The van der Waals surface area contributed by atoms with E-state index in [4.69, 9.17) is 10.5 Å². The topological polar surface area (TPSA) is 59.0 Å². The van der Waals surface area contributed by atoms with E-state index in [0.717, 1.165) is 35.6 Å². The lowest BCUT2D eigenvalue weighted by Crippen LogP contribution is -2.01. The standard InChI is InChI=1S/C17H18N2OS/c1-2-3-10-20-14-8-6-13(7-9-14)17(19)15(12-18)16-5-4-11-21-16/h4-9,11H,2-3,10,19H2,1H3/b17-15+. The summed E-state index contributed by atoms with van der Waals surface area (Å²) in [5, 5.41) is 11.3. The van der Waals surface area contributed by atoms with Crippen LogP contribution in [-0.2, 0) is 0 Å². The van der Waals surface area contributed by atoms with Crippen LogP contribution in [0.2, 0.25) is 0 Å². The zero-order valence-electron chi connectivity index (χ0n) is 12.0. The van der Waals surface area contributed by atoms with Crippen molar-refractivity contribution in [2.24, 2.45) is 5.73 Å². The fraction of sp³-hybridized carbons (Fsp3) is 0.235. The Hall–Kier alpha value is -2.25. The fourth-order valence-corrected chi connectivity index (χ4v) is 2.61. The molecule has 0 unspecified atom stereocenters. The van der Waals surface area contributed by atoms with Crippen molar-refractivity contribution < 1.29 is 4.74 Å². The van der Waals surface area contributed by atoms with Crippen molar-refractivity contribution in [2.45, 2.75) is 19.8 Å². The number of benzene rings is 1. The predicted octanol–water partition coefficient (Wildman–Crippen LogP) is 4.28. The minimum Gasteiger partial charge on any atom is -0.494 e. The van der Waals surface area contributed by atoms with Gasteiger partial charge < -0.3 is 10.5 Å². The summed E-state index contributed by atoms with van der Waals surface area (Å²) in [6.45, 7) is 2.85. The number of thiophene rings is 1. The first-order chi connectivity index (χ1) is 10.3. The zero-order chi connectivity index (χ0) is 15.1. The number of unbranched alkanes of at least 4 members (excludes halogenated alkanes) is 1. The Morgan fingerprint density at radius 3 is 2.62 bits per heavy atom. The molecule has 108 valence electrons. The summed E-state index contributed by atoms with van der Waals surface area (Å²) in [6.07, 6.45) is 2.15. The van der Waals surface area contributed by atoms with Gasteiger partial charge in [0.1, 0.15) is 11.8 Å². The fourth-order valence-electron chi connectivity index (χ4n) is 1.88. The van der Waals surface area contributed by atoms with E-state index < -0.39 is 0 Å². The van der Waals surface area contributed by atoms with Crippen LogP contribution in [-0.4, -0.2) is 6.61 Å². The van der Waals surface area contributed by atoms with E-state index in [0.29, 0.717) is 11.3 Å². The maximum atomic E-state index is 9.32. The van der Waals surface area contributed by atoms with Crippen LogP contribution in [0.15, 0.2) is 41.8 Å². The van der Waals surface area contributed by atoms with Crippen LogP contribution in [0.5, 0.6) is 5.75 Å². The molecular formula is C17H18N2OS. The molecule has 0 fully saturated rings. The molecular weight excluding hydrogens is 280 g/mol. The molecule has 1 aromatic carbocycles. The molecule has 0 aliphatic rings. The third-order valence-corrected chi connectivity index (χ3v) is 3.97. The molecule has 2 rings (SSSR count). The molecule has 0 atom stereocenters. The number of hydrogen-bond acceptors (Lipinski definition) is 4. The minimum absolute atomic E-state index is 0.500. The summed E-state index contributed by atoms with van der Waals surface area (Å²) < 4.78 is 5.62. The van der Waals surface area contributed by atoms with Gasteiger partial charge in [0.05, 0.1) is 17.9 Å². The number of nitriles is 1. The van der Waals surface area contributed by atoms with E-state index in [9.17, 15) is 5.26 Å². The lowest BCUT2D eigenvalue weighted by molar-refractivity contribution is 0.309. The molecule has 1 aromatic heterocycles. The summed E-state index contributed by atoms with van der Waals surface area (Å²) in [5.74, 6) is 0.828. The first-order valence-electron chi connectivity index (χ1n) is 6.93. The highest BCUT2D eigenvalue weighted by atomic mass is 32.1.